The summed E-state index contributed by atoms with van der Waals surface area (Å²) in [7, 11) is 0. The fourth-order valence-electron chi connectivity index (χ4n) is 2.21. The molecule has 0 spiro atoms. The normalized spacial score (nSPS) is 10.7. The molecule has 0 atom stereocenters. The van der Waals surface area contributed by atoms with Crippen molar-refractivity contribution in [3.8, 4) is 0 Å². The summed E-state index contributed by atoms with van der Waals surface area (Å²) in [6.07, 6.45) is 3.56. The molecule has 0 saturated carbocycles. The first kappa shape index (κ1) is 12.4. The molecule has 0 aliphatic heterocycles. The van der Waals surface area contributed by atoms with Crippen LogP contribution in [0.4, 0.5) is 11.5 Å². The maximum atomic E-state index is 6.13. The van der Waals surface area contributed by atoms with Crippen LogP contribution in [0.2, 0.25) is 0 Å². The van der Waals surface area contributed by atoms with Crippen molar-refractivity contribution >= 4 is 22.3 Å². The van der Waals surface area contributed by atoms with Gasteiger partial charge in [0.25, 0.3) is 0 Å². The van der Waals surface area contributed by atoms with Gasteiger partial charge in [-0.3, -0.25) is 4.98 Å². The minimum atomic E-state index is 0.640. The van der Waals surface area contributed by atoms with E-state index >= 15 is 0 Å². The van der Waals surface area contributed by atoms with Gasteiger partial charge in [-0.1, -0.05) is 18.2 Å². The molecule has 0 unspecified atom stereocenters. The van der Waals surface area contributed by atoms with Gasteiger partial charge < -0.3 is 11.1 Å². The molecule has 0 aliphatic carbocycles. The van der Waals surface area contributed by atoms with E-state index in [0.717, 1.165) is 33.5 Å². The Morgan fingerprint density at radius 3 is 2.70 bits per heavy atom. The molecule has 2 heterocycles. The Morgan fingerprint density at radius 1 is 1.00 bits per heavy atom. The summed E-state index contributed by atoms with van der Waals surface area (Å²) in [5.74, 6) is 0.833. The number of nitrogens with two attached hydrogens (primary N) is 1. The molecule has 20 heavy (non-hydrogen) atoms. The molecule has 0 saturated heterocycles. The Bertz CT molecular complexity index is 738. The predicted molar refractivity (Wildman–Crippen MR) is 82.5 cm³/mol. The van der Waals surface area contributed by atoms with Crippen molar-refractivity contribution in [2.75, 3.05) is 11.1 Å². The van der Waals surface area contributed by atoms with Crippen LogP contribution in [-0.4, -0.2) is 9.97 Å². The standard InChI is InChI=1S/C16H16N4/c1-11-5-6-14-13(15(11)17)7-9-19-16(14)20-10-12-4-2-3-8-18-12/h2-9H,10,17H2,1H3,(H,19,20). The maximum Gasteiger partial charge on any atom is 0.134 e. The molecule has 0 radical (unpaired) electrons. The SMILES string of the molecule is Cc1ccc2c(NCc3ccccn3)nccc2c1N. The highest BCUT2D eigenvalue weighted by atomic mass is 15.0. The summed E-state index contributed by atoms with van der Waals surface area (Å²) >= 11 is 0. The van der Waals surface area contributed by atoms with Crippen molar-refractivity contribution in [3.63, 3.8) is 0 Å². The molecular weight excluding hydrogens is 248 g/mol. The maximum absolute atomic E-state index is 6.13. The summed E-state index contributed by atoms with van der Waals surface area (Å²) in [4.78, 5) is 8.69. The highest BCUT2D eigenvalue weighted by Crippen LogP contribution is 2.28. The van der Waals surface area contributed by atoms with Crippen LogP contribution >= 0.6 is 0 Å². The smallest absolute Gasteiger partial charge is 0.134 e. The first-order chi connectivity index (χ1) is 9.75. The van der Waals surface area contributed by atoms with Crippen LogP contribution in [0, 0.1) is 6.92 Å². The van der Waals surface area contributed by atoms with Crippen LogP contribution < -0.4 is 11.1 Å². The third-order valence-corrected chi connectivity index (χ3v) is 3.37. The van der Waals surface area contributed by atoms with Crippen molar-refractivity contribution in [2.45, 2.75) is 13.5 Å². The van der Waals surface area contributed by atoms with Crippen LogP contribution in [0.1, 0.15) is 11.3 Å². The highest BCUT2D eigenvalue weighted by Gasteiger charge is 2.06. The number of hydrogen-bond donors (Lipinski definition) is 2. The molecule has 0 fully saturated rings. The molecule has 1 aromatic carbocycles. The number of anilines is 2. The number of aryl methyl sites for hydroxylation is 1. The number of hydrogen-bond acceptors (Lipinski definition) is 4. The molecule has 0 bridgehead atoms. The molecule has 3 rings (SSSR count). The zero-order valence-corrected chi connectivity index (χ0v) is 11.3. The molecular formula is C16H16N4. The van der Waals surface area contributed by atoms with Gasteiger partial charge in [-0.25, -0.2) is 4.98 Å². The van der Waals surface area contributed by atoms with Crippen molar-refractivity contribution in [1.29, 1.82) is 0 Å². The summed E-state index contributed by atoms with van der Waals surface area (Å²) in [6.45, 7) is 2.65. The van der Waals surface area contributed by atoms with E-state index in [0.29, 0.717) is 6.54 Å². The molecule has 100 valence electrons. The number of pyridine rings is 2. The molecule has 0 amide bonds. The third kappa shape index (κ3) is 2.28. The number of rotatable bonds is 3. The number of fused-ring (bicyclic) bond motifs is 1. The van der Waals surface area contributed by atoms with Gasteiger partial charge >= 0.3 is 0 Å². The lowest BCUT2D eigenvalue weighted by molar-refractivity contribution is 1.03. The van der Waals surface area contributed by atoms with Crippen molar-refractivity contribution in [1.82, 2.24) is 9.97 Å². The summed E-state index contributed by atoms with van der Waals surface area (Å²) < 4.78 is 0. The number of benzene rings is 1. The number of nitrogens with zero attached hydrogens (tertiary/aromatic N) is 2. The quantitative estimate of drug-likeness (QED) is 0.713. The number of nitrogen functional groups attached to an aromatic ring is 1. The van der Waals surface area contributed by atoms with Gasteiger partial charge in [0.1, 0.15) is 5.82 Å². The monoisotopic (exact) mass is 264 g/mol. The molecule has 3 N–H and O–H groups in total. The van der Waals surface area contributed by atoms with Gasteiger partial charge in [-0.15, -0.1) is 0 Å². The Hall–Kier alpha value is -2.62. The van der Waals surface area contributed by atoms with Gasteiger partial charge in [-0.05, 0) is 30.7 Å². The topological polar surface area (TPSA) is 63.8 Å². The summed E-state index contributed by atoms with van der Waals surface area (Å²) in [5, 5.41) is 5.39. The van der Waals surface area contributed by atoms with Crippen LogP contribution in [0.3, 0.4) is 0 Å². The second-order valence-electron chi connectivity index (χ2n) is 4.73. The van der Waals surface area contributed by atoms with E-state index in [-0.39, 0.29) is 0 Å². The molecule has 4 heteroatoms. The molecule has 0 aliphatic rings. The predicted octanol–water partition coefficient (Wildman–Crippen LogP) is 3.13. The van der Waals surface area contributed by atoms with Gasteiger partial charge in [-0.2, -0.15) is 0 Å². The zero-order chi connectivity index (χ0) is 13.9. The first-order valence-corrected chi connectivity index (χ1v) is 6.53. The zero-order valence-electron chi connectivity index (χ0n) is 11.3. The van der Waals surface area contributed by atoms with Crippen LogP contribution in [0.25, 0.3) is 10.8 Å². The lowest BCUT2D eigenvalue weighted by Crippen LogP contribution is -2.04. The first-order valence-electron chi connectivity index (χ1n) is 6.53. The minimum Gasteiger partial charge on any atom is -0.398 e. The molecule has 3 aromatic rings. The van der Waals surface area contributed by atoms with Crippen molar-refractivity contribution in [2.24, 2.45) is 0 Å². The van der Waals surface area contributed by atoms with Gasteiger partial charge in [0.2, 0.25) is 0 Å². The Morgan fingerprint density at radius 2 is 1.90 bits per heavy atom. The molecule has 2 aromatic heterocycles. The largest absolute Gasteiger partial charge is 0.398 e. The Labute approximate surface area is 117 Å². The summed E-state index contributed by atoms with van der Waals surface area (Å²) in [5.41, 5.74) is 9.00. The van der Waals surface area contributed by atoms with E-state index in [1.807, 2.05) is 37.3 Å². The van der Waals surface area contributed by atoms with Crippen LogP contribution in [0.15, 0.2) is 48.8 Å². The lowest BCUT2D eigenvalue weighted by atomic mass is 10.1. The van der Waals surface area contributed by atoms with Gasteiger partial charge in [0.15, 0.2) is 0 Å². The highest BCUT2D eigenvalue weighted by molar-refractivity contribution is 6.00. The average molecular weight is 264 g/mol. The Balaban J connectivity index is 1.94. The van der Waals surface area contributed by atoms with E-state index < -0.39 is 0 Å². The number of nitrogens with one attached hydrogen (secondary N) is 1. The van der Waals surface area contributed by atoms with E-state index in [2.05, 4.69) is 21.4 Å². The lowest BCUT2D eigenvalue weighted by Gasteiger charge is -2.11. The second kappa shape index (κ2) is 5.17. The number of aromatic nitrogens is 2. The van der Waals surface area contributed by atoms with Gasteiger partial charge in [0.05, 0.1) is 12.2 Å². The van der Waals surface area contributed by atoms with Crippen LogP contribution in [-0.2, 0) is 6.54 Å². The average Bonchev–Trinajstić information content (AvgIpc) is 2.50. The fraction of sp³-hybridized carbons (Fsp3) is 0.125. The Kier molecular flexibility index (Phi) is 3.21. The minimum absolute atomic E-state index is 0.640. The second-order valence-corrected chi connectivity index (χ2v) is 4.73. The van der Waals surface area contributed by atoms with E-state index in [1.165, 1.54) is 0 Å². The summed E-state index contributed by atoms with van der Waals surface area (Å²) in [6, 6.07) is 11.9. The fourth-order valence-corrected chi connectivity index (χ4v) is 2.21. The molecule has 4 nitrogen and oxygen atoms in total. The van der Waals surface area contributed by atoms with Gasteiger partial charge in [0, 0.05) is 28.9 Å². The van der Waals surface area contributed by atoms with E-state index in [9.17, 15) is 0 Å². The van der Waals surface area contributed by atoms with E-state index in [4.69, 9.17) is 5.73 Å². The third-order valence-electron chi connectivity index (χ3n) is 3.37. The van der Waals surface area contributed by atoms with Crippen molar-refractivity contribution < 1.29 is 0 Å². The van der Waals surface area contributed by atoms with Crippen LogP contribution in [0.5, 0.6) is 0 Å². The van der Waals surface area contributed by atoms with Crippen molar-refractivity contribution in [3.05, 3.63) is 60.0 Å². The van der Waals surface area contributed by atoms with E-state index in [1.54, 1.807) is 12.4 Å².